The van der Waals surface area contributed by atoms with E-state index in [1.165, 1.54) is 12.1 Å². The molecule has 0 radical (unpaired) electrons. The molecule has 0 aliphatic carbocycles. The van der Waals surface area contributed by atoms with Gasteiger partial charge in [0.25, 0.3) is 15.9 Å². The fraction of sp³-hybridized carbons (Fsp3) is 0.115. The first-order chi connectivity index (χ1) is 17.4. The molecule has 0 saturated carbocycles. The van der Waals surface area contributed by atoms with E-state index in [4.69, 9.17) is 4.52 Å². The van der Waals surface area contributed by atoms with Gasteiger partial charge in [-0.3, -0.25) is 4.72 Å². The predicted molar refractivity (Wildman–Crippen MR) is 133 cm³/mol. The maximum Gasteiger partial charge on any atom is 0.278 e. The van der Waals surface area contributed by atoms with Gasteiger partial charge in [0.15, 0.2) is 0 Å². The van der Waals surface area contributed by atoms with Gasteiger partial charge in [0, 0.05) is 24.0 Å². The van der Waals surface area contributed by atoms with Crippen molar-refractivity contribution in [1.82, 2.24) is 19.7 Å². The third-order valence-electron chi connectivity index (χ3n) is 5.57. The number of halogens is 1. The van der Waals surface area contributed by atoms with Gasteiger partial charge in [-0.25, -0.2) is 17.8 Å². The number of sulfonamides is 1. The van der Waals surface area contributed by atoms with Crippen LogP contribution < -0.4 is 4.72 Å². The van der Waals surface area contributed by atoms with Crippen molar-refractivity contribution in [3.63, 3.8) is 0 Å². The summed E-state index contributed by atoms with van der Waals surface area (Å²) in [7, 11) is -3.67. The number of benzene rings is 3. The Balaban J connectivity index is 1.25. The smallest absolute Gasteiger partial charge is 0.278 e. The molecule has 0 saturated heterocycles. The van der Waals surface area contributed by atoms with Crippen LogP contribution in [0.3, 0.4) is 0 Å². The van der Waals surface area contributed by atoms with Crippen molar-refractivity contribution in [2.24, 2.45) is 0 Å². The van der Waals surface area contributed by atoms with Crippen molar-refractivity contribution in [3.05, 3.63) is 102 Å². The predicted octanol–water partition coefficient (Wildman–Crippen LogP) is 5.15. The first kappa shape index (κ1) is 23.4. The van der Waals surface area contributed by atoms with Gasteiger partial charge in [-0.2, -0.15) is 4.98 Å². The summed E-state index contributed by atoms with van der Waals surface area (Å²) in [5, 5.41) is 3.91. The maximum atomic E-state index is 13.5. The lowest BCUT2D eigenvalue weighted by Gasteiger charge is -2.10. The first-order valence-corrected chi connectivity index (χ1v) is 12.7. The summed E-state index contributed by atoms with van der Waals surface area (Å²) >= 11 is 0. The van der Waals surface area contributed by atoms with Crippen LogP contribution in [0.25, 0.3) is 23.0 Å². The molecule has 8 nitrogen and oxygen atoms in total. The molecule has 2 heterocycles. The van der Waals surface area contributed by atoms with Gasteiger partial charge in [0.1, 0.15) is 11.5 Å². The molecule has 0 atom stereocenters. The summed E-state index contributed by atoms with van der Waals surface area (Å²) in [5.74, 6) is 0.121. The Morgan fingerprint density at radius 3 is 2.47 bits per heavy atom. The molecule has 36 heavy (non-hydrogen) atoms. The van der Waals surface area contributed by atoms with Gasteiger partial charge in [-0.15, -0.1) is 0 Å². The maximum absolute atomic E-state index is 13.5. The average Bonchev–Trinajstić information content (AvgIpc) is 3.55. The van der Waals surface area contributed by atoms with Gasteiger partial charge in [0.05, 0.1) is 11.2 Å². The van der Waals surface area contributed by atoms with Crippen LogP contribution in [0.1, 0.15) is 18.1 Å². The summed E-state index contributed by atoms with van der Waals surface area (Å²) < 4.78 is 48.5. The second-order valence-electron chi connectivity index (χ2n) is 8.16. The van der Waals surface area contributed by atoms with Crippen molar-refractivity contribution < 1.29 is 17.3 Å². The summed E-state index contributed by atoms with van der Waals surface area (Å²) in [6.45, 7) is 2.52. The van der Waals surface area contributed by atoms with Gasteiger partial charge in [0.2, 0.25) is 5.82 Å². The van der Waals surface area contributed by atoms with Crippen molar-refractivity contribution >= 4 is 15.7 Å². The topological polar surface area (TPSA) is 103 Å². The highest BCUT2D eigenvalue weighted by Gasteiger charge is 2.15. The number of nitrogens with one attached hydrogen (secondary N) is 1. The number of aromatic nitrogens is 4. The minimum Gasteiger partial charge on any atom is -0.332 e. The van der Waals surface area contributed by atoms with E-state index in [-0.39, 0.29) is 22.4 Å². The number of imidazole rings is 1. The molecule has 0 bridgehead atoms. The molecule has 0 aliphatic heterocycles. The highest BCUT2D eigenvalue weighted by Crippen LogP contribution is 2.22. The Kier molecular flexibility index (Phi) is 6.34. The Hall–Kier alpha value is -4.31. The van der Waals surface area contributed by atoms with Crippen molar-refractivity contribution in [2.75, 3.05) is 4.72 Å². The van der Waals surface area contributed by atoms with Gasteiger partial charge < -0.3 is 9.09 Å². The summed E-state index contributed by atoms with van der Waals surface area (Å²) in [6.07, 6.45) is 4.25. The third-order valence-corrected chi connectivity index (χ3v) is 6.97. The van der Waals surface area contributed by atoms with E-state index in [0.29, 0.717) is 23.5 Å². The van der Waals surface area contributed by atoms with Crippen molar-refractivity contribution in [2.45, 2.75) is 24.8 Å². The molecule has 0 aliphatic rings. The van der Waals surface area contributed by atoms with Crippen molar-refractivity contribution in [1.29, 1.82) is 0 Å². The van der Waals surface area contributed by atoms with E-state index in [1.54, 1.807) is 48.9 Å². The summed E-state index contributed by atoms with van der Waals surface area (Å²) in [5.41, 5.74) is 3.49. The lowest BCUT2D eigenvalue weighted by Crippen LogP contribution is -2.13. The van der Waals surface area contributed by atoms with Gasteiger partial charge >= 0.3 is 0 Å². The van der Waals surface area contributed by atoms with E-state index in [1.807, 2.05) is 35.8 Å². The molecular formula is C26H22FN5O3S. The van der Waals surface area contributed by atoms with E-state index < -0.39 is 10.0 Å². The Labute approximate surface area is 207 Å². The van der Waals surface area contributed by atoms with Crippen molar-refractivity contribution in [3.8, 4) is 23.0 Å². The summed E-state index contributed by atoms with van der Waals surface area (Å²) in [6, 6.07) is 19.9. The number of hydrogen-bond acceptors (Lipinski definition) is 6. The highest BCUT2D eigenvalue weighted by atomic mass is 32.2. The molecule has 182 valence electrons. The Morgan fingerprint density at radius 2 is 1.75 bits per heavy atom. The Bertz CT molecular complexity index is 1590. The molecule has 1 N–H and O–H groups in total. The van der Waals surface area contributed by atoms with Gasteiger partial charge in [-0.1, -0.05) is 48.5 Å². The van der Waals surface area contributed by atoms with E-state index in [2.05, 4.69) is 19.8 Å². The Morgan fingerprint density at radius 1 is 1.00 bits per heavy atom. The number of nitrogens with zero attached hydrogens (tertiary/aromatic N) is 4. The van der Waals surface area contributed by atoms with Gasteiger partial charge in [-0.05, 0) is 53.9 Å². The van der Waals surface area contributed by atoms with E-state index in [0.717, 1.165) is 17.5 Å². The SMILES string of the molecule is CCc1ccc(S(=O)(=O)Nc2ccc(Cn3cnc(-c4nc(-c5cccc(F)c5)no4)c3)cc2)cc1. The molecule has 5 rings (SSSR count). The quantitative estimate of drug-likeness (QED) is 0.314. The van der Waals surface area contributed by atoms with E-state index >= 15 is 0 Å². The molecule has 0 spiro atoms. The zero-order valence-corrected chi connectivity index (χ0v) is 20.1. The second-order valence-corrected chi connectivity index (χ2v) is 9.85. The van der Waals surface area contributed by atoms with Crippen LogP contribution in [0, 0.1) is 5.82 Å². The zero-order valence-electron chi connectivity index (χ0n) is 19.3. The van der Waals surface area contributed by atoms with Crippen LogP contribution in [0.2, 0.25) is 0 Å². The average molecular weight is 504 g/mol. The largest absolute Gasteiger partial charge is 0.332 e. The van der Waals surface area contributed by atoms with Crippen LogP contribution in [0.4, 0.5) is 10.1 Å². The van der Waals surface area contributed by atoms with E-state index in [9.17, 15) is 12.8 Å². The molecule has 2 aromatic heterocycles. The summed E-state index contributed by atoms with van der Waals surface area (Å²) in [4.78, 5) is 8.85. The number of anilines is 1. The minimum atomic E-state index is -3.67. The van der Waals surface area contributed by atoms with Crippen LogP contribution >= 0.6 is 0 Å². The lowest BCUT2D eigenvalue weighted by molar-refractivity contribution is 0.431. The fourth-order valence-electron chi connectivity index (χ4n) is 3.64. The zero-order chi connectivity index (χ0) is 25.1. The minimum absolute atomic E-state index is 0.219. The molecular weight excluding hydrogens is 481 g/mol. The third kappa shape index (κ3) is 5.18. The standard InChI is InChI=1S/C26H22FN5O3S/c1-2-18-8-12-23(13-9-18)36(33,34)31-22-10-6-19(7-11-22)15-32-16-24(28-17-32)26-29-25(30-35-26)20-4-3-5-21(27)14-20/h3-14,16-17,31H,2,15H2,1H3. The number of aryl methyl sites for hydroxylation is 1. The number of rotatable bonds is 8. The van der Waals surface area contributed by atoms with Crippen LogP contribution in [-0.2, 0) is 23.0 Å². The molecule has 0 amide bonds. The molecule has 5 aromatic rings. The second kappa shape index (κ2) is 9.74. The fourth-order valence-corrected chi connectivity index (χ4v) is 4.70. The molecule has 0 fully saturated rings. The molecule has 0 unspecified atom stereocenters. The van der Waals surface area contributed by atoms with Crippen LogP contribution in [0.15, 0.2) is 94.7 Å². The monoisotopic (exact) mass is 503 g/mol. The van der Waals surface area contributed by atoms with Crippen LogP contribution in [0.5, 0.6) is 0 Å². The number of hydrogen-bond donors (Lipinski definition) is 1. The highest BCUT2D eigenvalue weighted by molar-refractivity contribution is 7.92. The first-order valence-electron chi connectivity index (χ1n) is 11.2. The normalized spacial score (nSPS) is 11.5. The van der Waals surface area contributed by atoms with Crippen LogP contribution in [-0.4, -0.2) is 28.1 Å². The molecule has 10 heteroatoms. The lowest BCUT2D eigenvalue weighted by atomic mass is 10.2. The molecule has 3 aromatic carbocycles.